The van der Waals surface area contributed by atoms with E-state index in [0.29, 0.717) is 0 Å². The van der Waals surface area contributed by atoms with Gasteiger partial charge in [-0.15, -0.1) is 12.4 Å². The number of nitrogens with zero attached hydrogens (tertiary/aromatic N) is 1. The average Bonchev–Trinajstić information content (AvgIpc) is 2.38. The topological polar surface area (TPSA) is 41.6 Å². The van der Waals surface area contributed by atoms with Crippen LogP contribution in [0.15, 0.2) is 18.2 Å². The predicted octanol–water partition coefficient (Wildman–Crippen LogP) is 3.22. The zero-order chi connectivity index (χ0) is 14.7. The third-order valence-corrected chi connectivity index (χ3v) is 3.80. The van der Waals surface area contributed by atoms with Gasteiger partial charge in [0.15, 0.2) is 0 Å². The first-order chi connectivity index (χ1) is 9.50. The number of nitrogens with one attached hydrogen (secondary N) is 1. The van der Waals surface area contributed by atoms with Crippen LogP contribution in [0.2, 0.25) is 5.02 Å². The predicted molar refractivity (Wildman–Crippen MR) is 82.5 cm³/mol. The van der Waals surface area contributed by atoms with Gasteiger partial charge in [-0.3, -0.25) is 0 Å². The number of piperazine rings is 1. The number of rotatable bonds is 2. The number of halogens is 3. The first-order valence-electron chi connectivity index (χ1n) is 6.59. The molecular weight excluding hydrogens is 318 g/mol. The second-order valence-corrected chi connectivity index (χ2v) is 5.43. The SMILES string of the molecule is CC1CNCC(C)N1C(=O)OCc1c(F)cccc1Cl.Cl. The molecule has 4 nitrogen and oxygen atoms in total. The number of amides is 1. The summed E-state index contributed by atoms with van der Waals surface area (Å²) < 4.78 is 18.8. The zero-order valence-electron chi connectivity index (χ0n) is 11.9. The fraction of sp³-hybridized carbons (Fsp3) is 0.500. The van der Waals surface area contributed by atoms with Crippen LogP contribution in [0.1, 0.15) is 19.4 Å². The Balaban J connectivity index is 0.00000220. The molecule has 1 saturated heterocycles. The summed E-state index contributed by atoms with van der Waals surface area (Å²) in [5, 5.41) is 3.49. The van der Waals surface area contributed by atoms with Gasteiger partial charge in [0.05, 0.1) is 5.02 Å². The lowest BCUT2D eigenvalue weighted by atomic mass is 10.1. The largest absolute Gasteiger partial charge is 0.444 e. The van der Waals surface area contributed by atoms with Gasteiger partial charge in [-0.25, -0.2) is 9.18 Å². The highest BCUT2D eigenvalue weighted by Gasteiger charge is 2.30. The number of carbonyl (C=O) groups excluding carboxylic acids is 1. The van der Waals surface area contributed by atoms with Crippen LogP contribution in [-0.4, -0.2) is 36.2 Å². The van der Waals surface area contributed by atoms with Crippen molar-refractivity contribution < 1.29 is 13.9 Å². The van der Waals surface area contributed by atoms with E-state index in [4.69, 9.17) is 16.3 Å². The van der Waals surface area contributed by atoms with Crippen molar-refractivity contribution in [2.24, 2.45) is 0 Å². The van der Waals surface area contributed by atoms with E-state index in [2.05, 4.69) is 5.32 Å². The van der Waals surface area contributed by atoms with Crippen LogP contribution in [0.5, 0.6) is 0 Å². The van der Waals surface area contributed by atoms with Gasteiger partial charge >= 0.3 is 6.09 Å². The van der Waals surface area contributed by atoms with E-state index in [-0.39, 0.29) is 41.7 Å². The highest BCUT2D eigenvalue weighted by atomic mass is 35.5. The Morgan fingerprint density at radius 1 is 1.43 bits per heavy atom. The van der Waals surface area contributed by atoms with E-state index in [1.54, 1.807) is 11.0 Å². The zero-order valence-corrected chi connectivity index (χ0v) is 13.5. The van der Waals surface area contributed by atoms with E-state index in [1.165, 1.54) is 12.1 Å². The molecule has 2 atom stereocenters. The summed E-state index contributed by atoms with van der Waals surface area (Å²) in [5.74, 6) is -0.466. The smallest absolute Gasteiger partial charge is 0.410 e. The van der Waals surface area contributed by atoms with Crippen molar-refractivity contribution in [1.82, 2.24) is 10.2 Å². The molecule has 1 aromatic rings. The lowest BCUT2D eigenvalue weighted by Crippen LogP contribution is -2.57. The number of carbonyl (C=O) groups is 1. The Hall–Kier alpha value is -1.04. The molecule has 2 unspecified atom stereocenters. The van der Waals surface area contributed by atoms with Gasteiger partial charge in [-0.2, -0.15) is 0 Å². The van der Waals surface area contributed by atoms with Crippen molar-refractivity contribution in [3.8, 4) is 0 Å². The van der Waals surface area contributed by atoms with Gasteiger partial charge in [-0.1, -0.05) is 17.7 Å². The van der Waals surface area contributed by atoms with E-state index in [1.807, 2.05) is 13.8 Å². The first-order valence-corrected chi connectivity index (χ1v) is 6.97. The van der Waals surface area contributed by atoms with Gasteiger partial charge in [0.1, 0.15) is 12.4 Å². The molecule has 0 radical (unpaired) electrons. The lowest BCUT2D eigenvalue weighted by molar-refractivity contribution is 0.0558. The minimum atomic E-state index is -0.466. The summed E-state index contributed by atoms with van der Waals surface area (Å²) >= 11 is 5.90. The fourth-order valence-electron chi connectivity index (χ4n) is 2.37. The lowest BCUT2D eigenvalue weighted by Gasteiger charge is -2.38. The Morgan fingerprint density at radius 3 is 2.62 bits per heavy atom. The summed E-state index contributed by atoms with van der Waals surface area (Å²) in [6.07, 6.45) is -0.439. The average molecular weight is 337 g/mol. The van der Waals surface area contributed by atoms with Crippen LogP contribution in [-0.2, 0) is 11.3 Å². The van der Waals surface area contributed by atoms with Crippen LogP contribution in [0.3, 0.4) is 0 Å². The van der Waals surface area contributed by atoms with Crippen LogP contribution in [0.25, 0.3) is 0 Å². The molecule has 1 aliphatic heterocycles. The molecule has 118 valence electrons. The van der Waals surface area contributed by atoms with Gasteiger partial charge < -0.3 is 15.0 Å². The molecule has 0 aromatic heterocycles. The fourth-order valence-corrected chi connectivity index (χ4v) is 2.59. The highest BCUT2D eigenvalue weighted by Crippen LogP contribution is 2.21. The molecule has 0 saturated carbocycles. The summed E-state index contributed by atoms with van der Waals surface area (Å²) in [6, 6.07) is 4.47. The molecule has 7 heteroatoms. The maximum absolute atomic E-state index is 13.6. The minimum absolute atomic E-state index is 0. The molecule has 1 heterocycles. The maximum Gasteiger partial charge on any atom is 0.410 e. The quantitative estimate of drug-likeness (QED) is 0.901. The van der Waals surface area contributed by atoms with Crippen molar-refractivity contribution in [3.63, 3.8) is 0 Å². The van der Waals surface area contributed by atoms with Gasteiger partial charge in [0.25, 0.3) is 0 Å². The van der Waals surface area contributed by atoms with Gasteiger partial charge in [0, 0.05) is 30.7 Å². The number of benzene rings is 1. The van der Waals surface area contributed by atoms with Crippen LogP contribution in [0.4, 0.5) is 9.18 Å². The molecule has 0 bridgehead atoms. The molecule has 21 heavy (non-hydrogen) atoms. The number of hydrogen-bond acceptors (Lipinski definition) is 3. The van der Waals surface area contributed by atoms with Crippen molar-refractivity contribution in [1.29, 1.82) is 0 Å². The van der Waals surface area contributed by atoms with Gasteiger partial charge in [0.2, 0.25) is 0 Å². The molecule has 0 spiro atoms. The summed E-state index contributed by atoms with van der Waals surface area (Å²) in [7, 11) is 0. The second kappa shape index (κ2) is 7.82. The van der Waals surface area contributed by atoms with Gasteiger partial charge in [-0.05, 0) is 26.0 Å². The summed E-state index contributed by atoms with van der Waals surface area (Å²) in [4.78, 5) is 13.8. The Morgan fingerprint density at radius 2 is 2.05 bits per heavy atom. The minimum Gasteiger partial charge on any atom is -0.444 e. The van der Waals surface area contributed by atoms with E-state index < -0.39 is 11.9 Å². The van der Waals surface area contributed by atoms with Crippen molar-refractivity contribution in [3.05, 3.63) is 34.6 Å². The first kappa shape index (κ1) is 18.0. The Bertz CT molecular complexity index is 472. The Kier molecular flexibility index (Phi) is 6.71. The molecule has 0 aliphatic carbocycles. The third kappa shape index (κ3) is 4.22. The normalized spacial score (nSPS) is 21.6. The highest BCUT2D eigenvalue weighted by molar-refractivity contribution is 6.31. The van der Waals surface area contributed by atoms with E-state index >= 15 is 0 Å². The number of hydrogen-bond donors (Lipinski definition) is 1. The standard InChI is InChI=1S/C14H18ClFN2O2.ClH/c1-9-6-17-7-10(2)18(9)14(19)20-8-11-12(15)4-3-5-13(11)16;/h3-5,9-10,17H,6-8H2,1-2H3;1H. The Labute approximate surface area is 135 Å². The summed E-state index contributed by atoms with van der Waals surface area (Å²) in [6.45, 7) is 5.17. The van der Waals surface area contributed by atoms with Crippen LogP contribution in [0, 0.1) is 5.82 Å². The van der Waals surface area contributed by atoms with Crippen molar-refractivity contribution >= 4 is 30.1 Å². The van der Waals surface area contributed by atoms with Crippen molar-refractivity contribution in [2.75, 3.05) is 13.1 Å². The molecular formula is C14H19Cl2FN2O2. The maximum atomic E-state index is 13.6. The summed E-state index contributed by atoms with van der Waals surface area (Å²) in [5.41, 5.74) is 0.206. The van der Waals surface area contributed by atoms with E-state index in [9.17, 15) is 9.18 Å². The molecule has 1 aliphatic rings. The molecule has 1 amide bonds. The monoisotopic (exact) mass is 336 g/mol. The molecule has 1 fully saturated rings. The second-order valence-electron chi connectivity index (χ2n) is 5.02. The molecule has 2 rings (SSSR count). The van der Waals surface area contributed by atoms with E-state index in [0.717, 1.165) is 13.1 Å². The number of ether oxygens (including phenoxy) is 1. The van der Waals surface area contributed by atoms with Crippen molar-refractivity contribution in [2.45, 2.75) is 32.5 Å². The van der Waals surface area contributed by atoms with Crippen LogP contribution >= 0.6 is 24.0 Å². The van der Waals surface area contributed by atoms with Crippen LogP contribution < -0.4 is 5.32 Å². The third-order valence-electron chi connectivity index (χ3n) is 3.44. The molecule has 1 aromatic carbocycles. The molecule has 1 N–H and O–H groups in total.